The summed E-state index contributed by atoms with van der Waals surface area (Å²) < 4.78 is 5.50. The molecule has 0 saturated carbocycles. The van der Waals surface area contributed by atoms with Crippen molar-refractivity contribution in [3.05, 3.63) is 47.0 Å². The van der Waals surface area contributed by atoms with Crippen molar-refractivity contribution in [2.24, 2.45) is 5.92 Å². The number of ether oxygens (including phenoxy) is 1. The maximum absolute atomic E-state index is 12.6. The zero-order valence-corrected chi connectivity index (χ0v) is 19.4. The third-order valence-corrected chi connectivity index (χ3v) is 6.56. The van der Waals surface area contributed by atoms with Crippen LogP contribution in [0.3, 0.4) is 0 Å². The number of cyclic esters (lactones) is 1. The van der Waals surface area contributed by atoms with E-state index in [-0.39, 0.29) is 31.8 Å². The Kier molecular flexibility index (Phi) is 9.42. The summed E-state index contributed by atoms with van der Waals surface area (Å²) in [5.41, 5.74) is 1.50. The number of hydrogen-bond acceptors (Lipinski definition) is 7. The molecule has 1 aromatic rings. The zero-order valence-electron chi connectivity index (χ0n) is 19.4. The molecule has 2 rings (SSSR count). The second-order valence-corrected chi connectivity index (χ2v) is 9.47. The summed E-state index contributed by atoms with van der Waals surface area (Å²) in [4.78, 5) is 12.6. The number of carbonyl (C=O) groups excluding carboxylic acids is 1. The standard InChI is InChI=1S/C25H38O7/c1-5-16(14-26)9-15(2)21-12-19(27)13-22(29)25(3,4)18-8-6-7-17(10-18)11-20(28)23(30)24(31)32-21/h6-10,16,19-23,26-30H,5,11-14H2,1-4H3/b15-9-/t16-,19+,20-,21?,22+,23+/m1/s1. The average molecular weight is 451 g/mol. The molecule has 0 aromatic heterocycles. The van der Waals surface area contributed by atoms with E-state index in [0.29, 0.717) is 17.6 Å². The fraction of sp³-hybridized carbons (Fsp3) is 0.640. The molecule has 1 unspecified atom stereocenters. The maximum atomic E-state index is 12.6. The SMILES string of the molecule is CC[C@H](/C=C(/C)C1C[C@H](O)C[C@H](O)C(C)(C)c2cccc(c2)C[C@@H](O)[C@H](O)C(=O)O1)CO. The van der Waals surface area contributed by atoms with Gasteiger partial charge in [0, 0.05) is 37.2 Å². The van der Waals surface area contributed by atoms with E-state index in [1.54, 1.807) is 25.1 Å². The van der Waals surface area contributed by atoms with Crippen LogP contribution in [0.15, 0.2) is 35.9 Å². The molecule has 1 heterocycles. The third-order valence-electron chi connectivity index (χ3n) is 6.56. The second kappa shape index (κ2) is 11.4. The molecule has 1 aromatic carbocycles. The Morgan fingerprint density at radius 3 is 2.53 bits per heavy atom. The van der Waals surface area contributed by atoms with Crippen molar-refractivity contribution in [3.8, 4) is 0 Å². The minimum Gasteiger partial charge on any atom is -0.456 e. The first-order valence-electron chi connectivity index (χ1n) is 11.3. The number of rotatable bonds is 4. The molecular formula is C25H38O7. The van der Waals surface area contributed by atoms with Crippen molar-refractivity contribution in [2.75, 3.05) is 6.61 Å². The lowest BCUT2D eigenvalue weighted by molar-refractivity contribution is -0.164. The molecular weight excluding hydrogens is 412 g/mol. The van der Waals surface area contributed by atoms with Crippen LogP contribution in [0.1, 0.15) is 58.1 Å². The van der Waals surface area contributed by atoms with Gasteiger partial charge in [-0.15, -0.1) is 0 Å². The Hall–Kier alpha value is -1.77. The van der Waals surface area contributed by atoms with Crippen molar-refractivity contribution < 1.29 is 35.1 Å². The van der Waals surface area contributed by atoms with Gasteiger partial charge in [0.15, 0.2) is 6.10 Å². The summed E-state index contributed by atoms with van der Waals surface area (Å²) in [7, 11) is 0. The number of aliphatic hydroxyl groups excluding tert-OH is 5. The summed E-state index contributed by atoms with van der Waals surface area (Å²) in [5, 5.41) is 52.0. The van der Waals surface area contributed by atoms with Gasteiger partial charge in [-0.2, -0.15) is 0 Å². The molecule has 0 amide bonds. The highest BCUT2D eigenvalue weighted by atomic mass is 16.6. The Morgan fingerprint density at radius 1 is 1.22 bits per heavy atom. The van der Waals surface area contributed by atoms with E-state index in [1.807, 2.05) is 32.9 Å². The van der Waals surface area contributed by atoms with Crippen LogP contribution in [0.25, 0.3) is 0 Å². The van der Waals surface area contributed by atoms with Crippen LogP contribution in [0.2, 0.25) is 0 Å². The number of esters is 1. The van der Waals surface area contributed by atoms with E-state index in [1.165, 1.54) is 0 Å². The summed E-state index contributed by atoms with van der Waals surface area (Å²) >= 11 is 0. The quantitative estimate of drug-likeness (QED) is 0.348. The summed E-state index contributed by atoms with van der Waals surface area (Å²) in [6, 6.07) is 7.29. The molecule has 7 nitrogen and oxygen atoms in total. The first-order chi connectivity index (χ1) is 15.0. The first-order valence-corrected chi connectivity index (χ1v) is 11.3. The van der Waals surface area contributed by atoms with Crippen LogP contribution in [-0.2, 0) is 21.4 Å². The van der Waals surface area contributed by atoms with Gasteiger partial charge in [0.1, 0.15) is 6.10 Å². The van der Waals surface area contributed by atoms with Gasteiger partial charge in [-0.1, -0.05) is 51.1 Å². The van der Waals surface area contributed by atoms with Gasteiger partial charge >= 0.3 is 5.97 Å². The molecule has 7 heteroatoms. The molecule has 6 atom stereocenters. The molecule has 5 N–H and O–H groups in total. The smallest absolute Gasteiger partial charge is 0.338 e. The molecule has 0 aliphatic carbocycles. The number of hydrogen-bond donors (Lipinski definition) is 5. The van der Waals surface area contributed by atoms with Crippen molar-refractivity contribution in [3.63, 3.8) is 0 Å². The first kappa shape index (κ1) is 26.5. The van der Waals surface area contributed by atoms with E-state index in [9.17, 15) is 30.3 Å². The topological polar surface area (TPSA) is 127 Å². The van der Waals surface area contributed by atoms with Crippen LogP contribution in [-0.4, -0.2) is 68.6 Å². The van der Waals surface area contributed by atoms with Crippen molar-refractivity contribution >= 4 is 5.97 Å². The Bertz CT molecular complexity index is 784. The average Bonchev–Trinajstić information content (AvgIpc) is 2.75. The van der Waals surface area contributed by atoms with Crippen molar-refractivity contribution in [1.82, 2.24) is 0 Å². The van der Waals surface area contributed by atoms with Crippen LogP contribution < -0.4 is 0 Å². The molecule has 1 aliphatic heterocycles. The lowest BCUT2D eigenvalue weighted by Gasteiger charge is -2.34. The summed E-state index contributed by atoms with van der Waals surface area (Å²) in [6.07, 6.45) is -3.22. The molecule has 180 valence electrons. The predicted octanol–water partition coefficient (Wildman–Crippen LogP) is 1.62. The monoisotopic (exact) mass is 450 g/mol. The highest BCUT2D eigenvalue weighted by Crippen LogP contribution is 2.32. The molecule has 0 radical (unpaired) electrons. The molecule has 0 saturated heterocycles. The number of fused-ring (bicyclic) bond motifs is 2. The Morgan fingerprint density at radius 2 is 1.91 bits per heavy atom. The van der Waals surface area contributed by atoms with E-state index in [2.05, 4.69) is 0 Å². The van der Waals surface area contributed by atoms with Gasteiger partial charge < -0.3 is 30.3 Å². The third kappa shape index (κ3) is 6.62. The summed E-state index contributed by atoms with van der Waals surface area (Å²) in [6.45, 7) is 7.36. The van der Waals surface area contributed by atoms with Gasteiger partial charge in [0.05, 0.1) is 18.3 Å². The van der Waals surface area contributed by atoms with Crippen LogP contribution in [0.5, 0.6) is 0 Å². The molecule has 32 heavy (non-hydrogen) atoms. The zero-order chi connectivity index (χ0) is 24.1. The summed E-state index contributed by atoms with van der Waals surface area (Å²) in [5.74, 6) is -1.11. The fourth-order valence-corrected chi connectivity index (χ4v) is 4.01. The Balaban J connectivity index is 2.42. The van der Waals surface area contributed by atoms with Crippen LogP contribution in [0.4, 0.5) is 0 Å². The van der Waals surface area contributed by atoms with E-state index in [4.69, 9.17) is 4.74 Å². The van der Waals surface area contributed by atoms with Gasteiger partial charge in [-0.05, 0) is 30.0 Å². The largest absolute Gasteiger partial charge is 0.456 e. The highest BCUT2D eigenvalue weighted by Gasteiger charge is 2.35. The number of carbonyl (C=O) groups is 1. The van der Waals surface area contributed by atoms with Gasteiger partial charge in [-0.25, -0.2) is 4.79 Å². The minimum absolute atomic E-state index is 0.0198. The van der Waals surface area contributed by atoms with Gasteiger partial charge in [0.25, 0.3) is 0 Å². The highest BCUT2D eigenvalue weighted by molar-refractivity contribution is 5.75. The van der Waals surface area contributed by atoms with Gasteiger partial charge in [-0.3, -0.25) is 0 Å². The number of benzene rings is 1. The molecule has 0 spiro atoms. The van der Waals surface area contributed by atoms with E-state index < -0.39 is 41.9 Å². The molecule has 0 fully saturated rings. The normalized spacial score (nSPS) is 30.8. The lowest BCUT2D eigenvalue weighted by atomic mass is 9.76. The van der Waals surface area contributed by atoms with Crippen LogP contribution >= 0.6 is 0 Å². The maximum Gasteiger partial charge on any atom is 0.338 e. The van der Waals surface area contributed by atoms with E-state index in [0.717, 1.165) is 5.56 Å². The van der Waals surface area contributed by atoms with Crippen LogP contribution in [0, 0.1) is 5.92 Å². The number of aliphatic hydroxyl groups is 5. The van der Waals surface area contributed by atoms with Crippen molar-refractivity contribution in [1.29, 1.82) is 0 Å². The fourth-order valence-electron chi connectivity index (χ4n) is 4.01. The molecule has 2 bridgehead atoms. The van der Waals surface area contributed by atoms with Crippen molar-refractivity contribution in [2.45, 2.75) is 89.3 Å². The lowest BCUT2D eigenvalue weighted by Crippen LogP contribution is -2.41. The Labute approximate surface area is 190 Å². The minimum atomic E-state index is -1.74. The predicted molar refractivity (Wildman–Crippen MR) is 121 cm³/mol. The van der Waals surface area contributed by atoms with Gasteiger partial charge in [0.2, 0.25) is 0 Å². The second-order valence-electron chi connectivity index (χ2n) is 9.47. The molecule has 1 aliphatic rings. The van der Waals surface area contributed by atoms with E-state index >= 15 is 0 Å².